The topological polar surface area (TPSA) is 83.9 Å². The summed E-state index contributed by atoms with van der Waals surface area (Å²) in [5.41, 5.74) is 0.00183. The number of nitrogens with zero attached hydrogens (tertiary/aromatic N) is 1. The first-order valence-corrected chi connectivity index (χ1v) is 11.5. The van der Waals surface area contributed by atoms with E-state index in [1.807, 2.05) is 0 Å². The van der Waals surface area contributed by atoms with E-state index in [0.717, 1.165) is 29.8 Å². The minimum absolute atomic E-state index is 0.00708. The van der Waals surface area contributed by atoms with Crippen molar-refractivity contribution < 1.29 is 36.2 Å². The Bertz CT molecular complexity index is 1340. The van der Waals surface area contributed by atoms with Crippen LogP contribution in [-0.4, -0.2) is 31.8 Å². The second-order valence-electron chi connectivity index (χ2n) is 7.48. The van der Waals surface area contributed by atoms with Gasteiger partial charge < -0.3 is 9.84 Å². The van der Waals surface area contributed by atoms with Crippen molar-refractivity contribution in [2.24, 2.45) is 0 Å². The molecule has 1 N–H and O–H groups in total. The number of sulfonamides is 1. The smallest absolute Gasteiger partial charge is 0.430 e. The first-order chi connectivity index (χ1) is 16.1. The highest BCUT2D eigenvalue weighted by molar-refractivity contribution is 7.92. The van der Waals surface area contributed by atoms with Crippen LogP contribution in [0.5, 0.6) is 5.75 Å². The monoisotopic (exact) mass is 489 g/mol. The molecular formula is C24H18F3NO5S. The summed E-state index contributed by atoms with van der Waals surface area (Å²) >= 11 is 0. The number of para-hydroxylation sites is 1. The summed E-state index contributed by atoms with van der Waals surface area (Å²) in [6.45, 7) is 0.00708. The molecule has 0 fully saturated rings. The number of anilines is 1. The lowest BCUT2D eigenvalue weighted by Crippen LogP contribution is -2.40. The van der Waals surface area contributed by atoms with Crippen LogP contribution in [0, 0.1) is 0 Å². The minimum atomic E-state index is -4.95. The number of ether oxygens (including phenoxy) is 1. The molecule has 1 aliphatic rings. The predicted molar refractivity (Wildman–Crippen MR) is 119 cm³/mol. The van der Waals surface area contributed by atoms with Crippen molar-refractivity contribution in [3.05, 3.63) is 95.6 Å². The zero-order chi connectivity index (χ0) is 24.5. The van der Waals surface area contributed by atoms with Crippen molar-refractivity contribution in [1.29, 1.82) is 0 Å². The molecule has 4 rings (SSSR count). The molecule has 0 spiro atoms. The highest BCUT2D eigenvalue weighted by Gasteiger charge is 2.48. The Hall–Kier alpha value is -3.79. The first kappa shape index (κ1) is 23.4. The van der Waals surface area contributed by atoms with Crippen molar-refractivity contribution in [3.63, 3.8) is 0 Å². The van der Waals surface area contributed by atoms with Gasteiger partial charge in [0.05, 0.1) is 22.7 Å². The molecule has 0 bridgehead atoms. The number of benzene rings is 3. The Kier molecular flexibility index (Phi) is 6.09. The van der Waals surface area contributed by atoms with E-state index >= 15 is 0 Å². The molecule has 3 aromatic rings. The average Bonchev–Trinajstić information content (AvgIpc) is 2.81. The van der Waals surface area contributed by atoms with Gasteiger partial charge in [0.15, 0.2) is 0 Å². The quantitative estimate of drug-likeness (QED) is 0.534. The van der Waals surface area contributed by atoms with E-state index in [2.05, 4.69) is 0 Å². The van der Waals surface area contributed by atoms with Gasteiger partial charge in [-0.1, -0.05) is 48.5 Å². The second-order valence-corrected chi connectivity index (χ2v) is 9.34. The van der Waals surface area contributed by atoms with Gasteiger partial charge in [0.2, 0.25) is 6.10 Å². The first-order valence-electron chi connectivity index (χ1n) is 10.0. The van der Waals surface area contributed by atoms with Crippen LogP contribution >= 0.6 is 0 Å². The van der Waals surface area contributed by atoms with Gasteiger partial charge in [-0.05, 0) is 42.0 Å². The Balaban J connectivity index is 1.78. The molecule has 0 aliphatic carbocycles. The summed E-state index contributed by atoms with van der Waals surface area (Å²) in [6, 6.07) is 20.6. The molecule has 10 heteroatoms. The fourth-order valence-corrected chi connectivity index (χ4v) is 5.03. The van der Waals surface area contributed by atoms with Gasteiger partial charge in [0.1, 0.15) is 5.75 Å². The fraction of sp³-hybridized carbons (Fsp3) is 0.125. The summed E-state index contributed by atoms with van der Waals surface area (Å²) in [7, 11) is -4.19. The fourth-order valence-electron chi connectivity index (χ4n) is 3.54. The largest absolute Gasteiger partial charge is 0.478 e. The number of hydrogen-bond acceptors (Lipinski definition) is 4. The van der Waals surface area contributed by atoms with Crippen molar-refractivity contribution in [2.75, 3.05) is 4.31 Å². The lowest BCUT2D eigenvalue weighted by atomic mass is 10.0. The number of halogens is 3. The standard InChI is InChI=1S/C24H18F3NO5S/c25-24(26,27)22-20(23(29)30)14-17-13-19(11-12-21(17)33-22)34(31,32)28(18-9-5-2-6-10-18)15-16-7-3-1-4-8-16/h1-14,22H,15H2,(H,29,30)/t22-/m0/s1. The van der Waals surface area contributed by atoms with E-state index in [9.17, 15) is 31.5 Å². The molecular weight excluding hydrogens is 471 g/mol. The van der Waals surface area contributed by atoms with Crippen molar-refractivity contribution in [2.45, 2.75) is 23.7 Å². The predicted octanol–water partition coefficient (Wildman–Crippen LogP) is 4.87. The molecule has 176 valence electrons. The Morgan fingerprint density at radius 3 is 2.18 bits per heavy atom. The van der Waals surface area contributed by atoms with Gasteiger partial charge in [-0.2, -0.15) is 13.2 Å². The van der Waals surface area contributed by atoms with Gasteiger partial charge in [-0.3, -0.25) is 4.31 Å². The lowest BCUT2D eigenvalue weighted by Gasteiger charge is -2.28. The third kappa shape index (κ3) is 4.62. The molecule has 1 atom stereocenters. The Morgan fingerprint density at radius 2 is 1.59 bits per heavy atom. The van der Waals surface area contributed by atoms with Crippen LogP contribution in [0.25, 0.3) is 6.08 Å². The summed E-state index contributed by atoms with van der Waals surface area (Å²) < 4.78 is 73.2. The molecule has 0 saturated carbocycles. The maximum absolute atomic E-state index is 13.6. The number of hydrogen-bond donors (Lipinski definition) is 1. The maximum atomic E-state index is 13.6. The van der Waals surface area contributed by atoms with Gasteiger partial charge in [-0.15, -0.1) is 0 Å². The summed E-state index contributed by atoms with van der Waals surface area (Å²) in [4.78, 5) is 11.2. The summed E-state index contributed by atoms with van der Waals surface area (Å²) in [6.07, 6.45) is -6.81. The normalized spacial score (nSPS) is 15.6. The van der Waals surface area contributed by atoms with Crippen LogP contribution in [0.2, 0.25) is 0 Å². The molecule has 0 amide bonds. The van der Waals surface area contributed by atoms with Gasteiger partial charge in [-0.25, -0.2) is 13.2 Å². The molecule has 0 unspecified atom stereocenters. The number of rotatable bonds is 6. The molecule has 0 radical (unpaired) electrons. The van der Waals surface area contributed by atoms with E-state index in [1.54, 1.807) is 60.7 Å². The number of carboxylic acid groups (broad SMARTS) is 1. The van der Waals surface area contributed by atoms with E-state index < -0.39 is 33.8 Å². The van der Waals surface area contributed by atoms with Crippen LogP contribution < -0.4 is 9.04 Å². The SMILES string of the molecule is O=C(O)C1=Cc2cc(S(=O)(=O)N(Cc3ccccc3)c3ccccc3)ccc2O[C@@H]1C(F)(F)F. The average molecular weight is 489 g/mol. The number of carbonyl (C=O) groups is 1. The van der Waals surface area contributed by atoms with Crippen LogP contribution in [-0.2, 0) is 21.4 Å². The minimum Gasteiger partial charge on any atom is -0.478 e. The van der Waals surface area contributed by atoms with Crippen molar-refractivity contribution >= 4 is 27.8 Å². The maximum Gasteiger partial charge on any atom is 0.430 e. The Morgan fingerprint density at radius 1 is 0.971 bits per heavy atom. The molecule has 3 aromatic carbocycles. The number of carboxylic acids is 1. The number of fused-ring (bicyclic) bond motifs is 1. The third-order valence-electron chi connectivity index (χ3n) is 5.16. The number of aliphatic carboxylic acids is 1. The van der Waals surface area contributed by atoms with Crippen LogP contribution in [0.4, 0.5) is 18.9 Å². The second kappa shape index (κ2) is 8.86. The molecule has 0 saturated heterocycles. The highest BCUT2D eigenvalue weighted by atomic mass is 32.2. The summed E-state index contributed by atoms with van der Waals surface area (Å²) in [5.74, 6) is -2.07. The van der Waals surface area contributed by atoms with Gasteiger partial charge in [0.25, 0.3) is 10.0 Å². The van der Waals surface area contributed by atoms with Crippen molar-refractivity contribution in [3.8, 4) is 5.75 Å². The molecule has 1 heterocycles. The number of alkyl halides is 3. The van der Waals surface area contributed by atoms with E-state index in [1.165, 1.54) is 4.31 Å². The van der Waals surface area contributed by atoms with Crippen LogP contribution in [0.1, 0.15) is 11.1 Å². The molecule has 0 aromatic heterocycles. The molecule has 34 heavy (non-hydrogen) atoms. The van der Waals surface area contributed by atoms with Crippen LogP contribution in [0.15, 0.2) is 89.3 Å². The zero-order valence-corrected chi connectivity index (χ0v) is 18.3. The van der Waals surface area contributed by atoms with Crippen LogP contribution in [0.3, 0.4) is 0 Å². The third-order valence-corrected chi connectivity index (χ3v) is 6.93. The molecule has 6 nitrogen and oxygen atoms in total. The summed E-state index contributed by atoms with van der Waals surface area (Å²) in [5, 5.41) is 9.25. The van der Waals surface area contributed by atoms with Gasteiger partial charge in [0, 0.05) is 5.56 Å². The van der Waals surface area contributed by atoms with Gasteiger partial charge >= 0.3 is 12.1 Å². The van der Waals surface area contributed by atoms with E-state index in [-0.39, 0.29) is 22.8 Å². The van der Waals surface area contributed by atoms with E-state index in [0.29, 0.717) is 5.69 Å². The zero-order valence-electron chi connectivity index (χ0n) is 17.4. The highest BCUT2D eigenvalue weighted by Crippen LogP contribution is 2.38. The Labute approximate surface area is 193 Å². The lowest BCUT2D eigenvalue weighted by molar-refractivity contribution is -0.187. The van der Waals surface area contributed by atoms with E-state index in [4.69, 9.17) is 4.74 Å². The molecule has 1 aliphatic heterocycles. The van der Waals surface area contributed by atoms with Crippen molar-refractivity contribution in [1.82, 2.24) is 0 Å².